The van der Waals surface area contributed by atoms with Gasteiger partial charge < -0.3 is 34.0 Å². The van der Waals surface area contributed by atoms with Crippen molar-refractivity contribution in [1.82, 2.24) is 0 Å². The zero-order chi connectivity index (χ0) is 10.4. The van der Waals surface area contributed by atoms with Crippen LogP contribution >= 0.6 is 0 Å². The average molecular weight is 251 g/mol. The van der Waals surface area contributed by atoms with Crippen molar-refractivity contribution in [3.63, 3.8) is 0 Å². The van der Waals surface area contributed by atoms with E-state index in [1.54, 1.807) is 0 Å². The standard InChI is InChI=1S/C4H2O9.Ni/c5-1(6)11-3(9)13-4(10)12-2(7)8;/h(H,5,6)(H,7,8);/q;+2/p-2. The summed E-state index contributed by atoms with van der Waals surface area (Å²) < 4.78 is 9.57. The third-order valence-electron chi connectivity index (χ3n) is 0.500. The van der Waals surface area contributed by atoms with E-state index < -0.39 is 24.6 Å². The van der Waals surface area contributed by atoms with E-state index >= 15 is 0 Å². The summed E-state index contributed by atoms with van der Waals surface area (Å²) >= 11 is 0. The van der Waals surface area contributed by atoms with Crippen LogP contribution in [0.3, 0.4) is 0 Å². The molecular weight excluding hydrogens is 251 g/mol. The van der Waals surface area contributed by atoms with Crippen molar-refractivity contribution >= 4 is 24.6 Å². The molecule has 0 aromatic heterocycles. The molecule has 10 heteroatoms. The summed E-state index contributed by atoms with van der Waals surface area (Å²) in [5.41, 5.74) is 0. The first-order chi connectivity index (χ1) is 5.91. The van der Waals surface area contributed by atoms with Crippen LogP contribution in [0, 0.1) is 0 Å². The number of hydrogen-bond acceptors (Lipinski definition) is 9. The molecule has 0 radical (unpaired) electrons. The average Bonchev–Trinajstić information content (AvgIpc) is 1.80. The maximum Gasteiger partial charge on any atom is 2.00 e. The fourth-order valence-electron chi connectivity index (χ4n) is 0.246. The van der Waals surface area contributed by atoms with Gasteiger partial charge in [0.2, 0.25) is 0 Å². The second-order valence-electron chi connectivity index (χ2n) is 1.31. The van der Waals surface area contributed by atoms with Gasteiger partial charge in [0.25, 0.3) is 12.3 Å². The number of ether oxygens (including phenoxy) is 3. The van der Waals surface area contributed by atoms with Crippen LogP contribution in [0.25, 0.3) is 0 Å². The van der Waals surface area contributed by atoms with Gasteiger partial charge >= 0.3 is 28.8 Å². The fraction of sp³-hybridized carbons (Fsp3) is 0. The molecule has 0 heterocycles. The minimum absolute atomic E-state index is 0. The molecule has 0 N–H and O–H groups in total. The molecule has 0 unspecified atom stereocenters. The van der Waals surface area contributed by atoms with Gasteiger partial charge in [0.15, 0.2) is 0 Å². The first-order valence-corrected chi connectivity index (χ1v) is 2.45. The Balaban J connectivity index is 0. The van der Waals surface area contributed by atoms with E-state index in [4.69, 9.17) is 0 Å². The largest absolute Gasteiger partial charge is 2.00 e. The minimum Gasteiger partial charge on any atom is -0.452 e. The maximum atomic E-state index is 10.1. The van der Waals surface area contributed by atoms with Crippen LogP contribution in [0.1, 0.15) is 0 Å². The van der Waals surface area contributed by atoms with Crippen molar-refractivity contribution in [2.24, 2.45) is 0 Å². The summed E-state index contributed by atoms with van der Waals surface area (Å²) in [6, 6.07) is 0. The Morgan fingerprint density at radius 2 is 1.00 bits per heavy atom. The SMILES string of the molecule is O=C([O-])OC(=O)OC(=O)OC(=O)[O-].[Ni+2]. The summed E-state index contributed by atoms with van der Waals surface area (Å²) in [4.78, 5) is 39.1. The summed E-state index contributed by atoms with van der Waals surface area (Å²) in [7, 11) is 0. The molecular formula is C4NiO9. The Kier molecular flexibility index (Phi) is 6.99. The molecule has 0 spiro atoms. The smallest absolute Gasteiger partial charge is 0.452 e. The summed E-state index contributed by atoms with van der Waals surface area (Å²) in [5, 5.41) is 19.0. The van der Waals surface area contributed by atoms with Crippen LogP contribution < -0.4 is 10.2 Å². The molecule has 14 heavy (non-hydrogen) atoms. The van der Waals surface area contributed by atoms with Gasteiger partial charge in [0.1, 0.15) is 0 Å². The second kappa shape index (κ2) is 6.66. The van der Waals surface area contributed by atoms with Crippen molar-refractivity contribution in [2.45, 2.75) is 0 Å². The Bertz CT molecular complexity index is 232. The van der Waals surface area contributed by atoms with E-state index in [2.05, 4.69) is 14.2 Å². The van der Waals surface area contributed by atoms with E-state index in [0.29, 0.717) is 0 Å². The van der Waals surface area contributed by atoms with E-state index in [1.165, 1.54) is 0 Å². The van der Waals surface area contributed by atoms with Crippen molar-refractivity contribution in [2.75, 3.05) is 0 Å². The number of carboxylic acid groups (broad SMARTS) is 2. The van der Waals surface area contributed by atoms with Gasteiger partial charge in [-0.25, -0.2) is 9.59 Å². The minimum atomic E-state index is -2.27. The zero-order valence-electron chi connectivity index (χ0n) is 5.99. The molecule has 0 amide bonds. The predicted molar refractivity (Wildman–Crippen MR) is 24.8 cm³/mol. The van der Waals surface area contributed by atoms with Crippen molar-refractivity contribution in [1.29, 1.82) is 0 Å². The Morgan fingerprint density at radius 1 is 0.714 bits per heavy atom. The second-order valence-corrected chi connectivity index (χ2v) is 1.31. The third kappa shape index (κ3) is 8.27. The van der Waals surface area contributed by atoms with E-state index in [9.17, 15) is 29.4 Å². The predicted octanol–water partition coefficient (Wildman–Crippen LogP) is -2.04. The number of carbonyl (C=O) groups excluding carboxylic acids is 4. The molecule has 0 aromatic carbocycles. The molecule has 9 nitrogen and oxygen atoms in total. The molecule has 0 aliphatic carbocycles. The molecule has 0 saturated heterocycles. The number of carbonyl (C=O) groups is 4. The molecule has 0 rings (SSSR count). The van der Waals surface area contributed by atoms with Crippen LogP contribution in [-0.2, 0) is 30.7 Å². The van der Waals surface area contributed by atoms with E-state index in [0.717, 1.165) is 0 Å². The summed E-state index contributed by atoms with van der Waals surface area (Å²) in [6.45, 7) is 0. The number of hydrogen-bond donors (Lipinski definition) is 0. The Labute approximate surface area is 85.5 Å². The molecule has 0 aliphatic heterocycles. The molecule has 0 bridgehead atoms. The Morgan fingerprint density at radius 3 is 1.21 bits per heavy atom. The Hall–Kier alpha value is -1.83. The van der Waals surface area contributed by atoms with Crippen LogP contribution in [0.4, 0.5) is 19.2 Å². The van der Waals surface area contributed by atoms with Crippen molar-refractivity contribution in [3.8, 4) is 0 Å². The summed E-state index contributed by atoms with van der Waals surface area (Å²) in [6.07, 6.45) is -8.53. The van der Waals surface area contributed by atoms with E-state index in [1.807, 2.05) is 0 Å². The quantitative estimate of drug-likeness (QED) is 0.270. The molecule has 80 valence electrons. The van der Waals surface area contributed by atoms with Crippen LogP contribution in [0.15, 0.2) is 0 Å². The van der Waals surface area contributed by atoms with Gasteiger partial charge in [0.05, 0.1) is 0 Å². The van der Waals surface area contributed by atoms with Crippen molar-refractivity contribution in [3.05, 3.63) is 0 Å². The maximum absolute atomic E-state index is 10.1. The van der Waals surface area contributed by atoms with Gasteiger partial charge in [-0.05, 0) is 0 Å². The van der Waals surface area contributed by atoms with Gasteiger partial charge in [-0.3, -0.25) is 0 Å². The van der Waals surface area contributed by atoms with Gasteiger partial charge in [0, 0.05) is 0 Å². The monoisotopic (exact) mass is 250 g/mol. The zero-order valence-corrected chi connectivity index (χ0v) is 6.98. The topological polar surface area (TPSA) is 142 Å². The molecule has 0 aliphatic rings. The molecule has 0 fully saturated rings. The summed E-state index contributed by atoms with van der Waals surface area (Å²) in [5.74, 6) is 0. The van der Waals surface area contributed by atoms with Crippen molar-refractivity contribution < 1.29 is 60.1 Å². The van der Waals surface area contributed by atoms with Gasteiger partial charge in [-0.1, -0.05) is 0 Å². The fourth-order valence-corrected chi connectivity index (χ4v) is 0.246. The molecule has 0 aromatic rings. The van der Waals surface area contributed by atoms with Crippen LogP contribution in [0.5, 0.6) is 0 Å². The molecule has 0 saturated carbocycles. The van der Waals surface area contributed by atoms with Crippen LogP contribution in [-0.4, -0.2) is 24.6 Å². The van der Waals surface area contributed by atoms with Crippen LogP contribution in [0.2, 0.25) is 0 Å². The van der Waals surface area contributed by atoms with Gasteiger partial charge in [-0.2, -0.15) is 0 Å². The molecule has 0 atom stereocenters. The normalized spacial score (nSPS) is 7.71. The third-order valence-corrected chi connectivity index (χ3v) is 0.500. The first kappa shape index (κ1) is 14.7. The van der Waals surface area contributed by atoms with E-state index in [-0.39, 0.29) is 16.5 Å². The first-order valence-electron chi connectivity index (χ1n) is 2.45. The van der Waals surface area contributed by atoms with Gasteiger partial charge in [-0.15, -0.1) is 0 Å². The number of rotatable bonds is 0.